The largest absolute Gasteiger partial charge is 0.493 e. The van der Waals surface area contributed by atoms with E-state index in [0.29, 0.717) is 19.0 Å². The van der Waals surface area contributed by atoms with Gasteiger partial charge in [0, 0.05) is 11.6 Å². The third kappa shape index (κ3) is 7.69. The van der Waals surface area contributed by atoms with Crippen molar-refractivity contribution < 1.29 is 14.3 Å². The molecule has 0 bridgehead atoms. The normalized spacial score (nSPS) is 10.5. The van der Waals surface area contributed by atoms with E-state index in [0.717, 1.165) is 37.0 Å². The third-order valence-electron chi connectivity index (χ3n) is 3.39. The van der Waals surface area contributed by atoms with Gasteiger partial charge in [-0.1, -0.05) is 45.6 Å². The van der Waals surface area contributed by atoms with Gasteiger partial charge in [0.25, 0.3) is 0 Å². The van der Waals surface area contributed by atoms with Gasteiger partial charge in [-0.15, -0.1) is 0 Å². The van der Waals surface area contributed by atoms with Crippen LogP contribution in [0.1, 0.15) is 57.9 Å². The van der Waals surface area contributed by atoms with Gasteiger partial charge in [-0.05, 0) is 30.5 Å². The Morgan fingerprint density at radius 1 is 1.00 bits per heavy atom. The van der Waals surface area contributed by atoms with Crippen molar-refractivity contribution in [1.82, 2.24) is 0 Å². The first-order valence-corrected chi connectivity index (χ1v) is 8.62. The van der Waals surface area contributed by atoms with Crippen LogP contribution in [0.4, 0.5) is 0 Å². The van der Waals surface area contributed by atoms with Crippen molar-refractivity contribution in [3.8, 4) is 11.5 Å². The van der Waals surface area contributed by atoms with E-state index in [2.05, 4.69) is 13.8 Å². The van der Waals surface area contributed by atoms with E-state index < -0.39 is 0 Å². The zero-order chi connectivity index (χ0) is 16.2. The number of carbonyl (C=O) groups is 1. The van der Waals surface area contributed by atoms with Crippen molar-refractivity contribution >= 4 is 16.8 Å². The number of rotatable bonds is 12. The number of hydrogen-bond acceptors (Lipinski definition) is 3. The minimum atomic E-state index is -0.380. The van der Waals surface area contributed by atoms with Crippen molar-refractivity contribution in [3.05, 3.63) is 23.8 Å². The van der Waals surface area contributed by atoms with E-state index in [-0.39, 0.29) is 11.7 Å². The Hall–Kier alpha value is -1.22. The molecule has 0 N–H and O–H groups in total. The Bertz CT molecular complexity index is 446. The van der Waals surface area contributed by atoms with Crippen LogP contribution in [-0.4, -0.2) is 18.5 Å². The summed E-state index contributed by atoms with van der Waals surface area (Å²) >= 11 is 5.50. The smallest absolute Gasteiger partial charge is 0.226 e. The van der Waals surface area contributed by atoms with E-state index in [1.165, 1.54) is 12.8 Å². The molecule has 0 saturated carbocycles. The molecule has 1 aromatic rings. The maximum absolute atomic E-state index is 11.1. The van der Waals surface area contributed by atoms with Crippen molar-refractivity contribution in [2.24, 2.45) is 0 Å². The topological polar surface area (TPSA) is 35.5 Å². The Morgan fingerprint density at radius 2 is 1.64 bits per heavy atom. The number of unbranched alkanes of at least 4 members (excludes halogenated alkanes) is 4. The molecule has 1 rings (SSSR count). The Balaban J connectivity index is 2.65. The summed E-state index contributed by atoms with van der Waals surface area (Å²) in [5.41, 5.74) is 0.817. The molecule has 3 nitrogen and oxygen atoms in total. The predicted octanol–water partition coefficient (Wildman–Crippen LogP) is 5.13. The molecule has 0 aliphatic rings. The summed E-state index contributed by atoms with van der Waals surface area (Å²) in [6.45, 7) is 5.68. The number of halogens is 1. The first kappa shape index (κ1) is 18.8. The van der Waals surface area contributed by atoms with Crippen LogP contribution in [0.25, 0.3) is 0 Å². The molecule has 0 aliphatic carbocycles. The van der Waals surface area contributed by atoms with Crippen LogP contribution in [0.3, 0.4) is 0 Å². The number of benzene rings is 1. The van der Waals surface area contributed by atoms with Gasteiger partial charge in [-0.3, -0.25) is 4.79 Å². The van der Waals surface area contributed by atoms with E-state index in [4.69, 9.17) is 21.1 Å². The molecule has 0 fully saturated rings. The highest BCUT2D eigenvalue weighted by atomic mass is 35.5. The highest BCUT2D eigenvalue weighted by Crippen LogP contribution is 2.26. The lowest BCUT2D eigenvalue weighted by Crippen LogP contribution is -2.04. The quantitative estimate of drug-likeness (QED) is 0.394. The molecule has 0 aromatic heterocycles. The van der Waals surface area contributed by atoms with Crippen LogP contribution >= 0.6 is 11.6 Å². The summed E-state index contributed by atoms with van der Waals surface area (Å²) in [6, 6.07) is 5.61. The second kappa shape index (κ2) is 11.4. The fourth-order valence-corrected chi connectivity index (χ4v) is 2.28. The SMILES string of the molecule is CCCCCOc1ccc(CC(=O)Cl)c(OCCCCC)c1. The van der Waals surface area contributed by atoms with E-state index in [9.17, 15) is 4.79 Å². The van der Waals surface area contributed by atoms with Crippen molar-refractivity contribution in [1.29, 1.82) is 0 Å². The molecule has 0 amide bonds. The lowest BCUT2D eigenvalue weighted by atomic mass is 10.1. The minimum absolute atomic E-state index is 0.181. The lowest BCUT2D eigenvalue weighted by molar-refractivity contribution is -0.111. The zero-order valence-corrected chi connectivity index (χ0v) is 14.5. The highest BCUT2D eigenvalue weighted by molar-refractivity contribution is 6.63. The number of carbonyl (C=O) groups excluding carboxylic acids is 1. The van der Waals surface area contributed by atoms with Crippen LogP contribution in [0.2, 0.25) is 0 Å². The molecule has 0 atom stereocenters. The molecule has 0 heterocycles. The van der Waals surface area contributed by atoms with Gasteiger partial charge < -0.3 is 9.47 Å². The van der Waals surface area contributed by atoms with Gasteiger partial charge in [0.2, 0.25) is 5.24 Å². The van der Waals surface area contributed by atoms with E-state index >= 15 is 0 Å². The van der Waals surface area contributed by atoms with Gasteiger partial charge in [0.15, 0.2) is 0 Å². The summed E-state index contributed by atoms with van der Waals surface area (Å²) in [6.07, 6.45) is 6.86. The van der Waals surface area contributed by atoms with Crippen molar-refractivity contribution in [2.75, 3.05) is 13.2 Å². The van der Waals surface area contributed by atoms with Gasteiger partial charge in [0.05, 0.1) is 19.6 Å². The Morgan fingerprint density at radius 3 is 2.23 bits per heavy atom. The Labute approximate surface area is 139 Å². The van der Waals surface area contributed by atoms with E-state index in [1.54, 1.807) is 0 Å². The molecule has 1 aromatic carbocycles. The molecule has 124 valence electrons. The number of hydrogen-bond donors (Lipinski definition) is 0. The fourth-order valence-electron chi connectivity index (χ4n) is 2.13. The minimum Gasteiger partial charge on any atom is -0.493 e. The summed E-state index contributed by atoms with van der Waals surface area (Å²) < 4.78 is 11.6. The average molecular weight is 327 g/mol. The Kier molecular flexibility index (Phi) is 9.72. The molecule has 0 aliphatic heterocycles. The molecule has 0 radical (unpaired) electrons. The second-order valence-electron chi connectivity index (χ2n) is 5.41. The van der Waals surface area contributed by atoms with Crippen LogP contribution < -0.4 is 9.47 Å². The molecule has 0 spiro atoms. The van der Waals surface area contributed by atoms with Gasteiger partial charge in [-0.25, -0.2) is 0 Å². The third-order valence-corrected chi connectivity index (χ3v) is 3.52. The molecule has 4 heteroatoms. The zero-order valence-electron chi connectivity index (χ0n) is 13.7. The summed E-state index contributed by atoms with van der Waals surface area (Å²) in [5, 5.41) is -0.380. The van der Waals surface area contributed by atoms with E-state index in [1.807, 2.05) is 18.2 Å². The highest BCUT2D eigenvalue weighted by Gasteiger charge is 2.09. The maximum atomic E-state index is 11.1. The fraction of sp³-hybridized carbons (Fsp3) is 0.611. The maximum Gasteiger partial charge on any atom is 0.226 e. The average Bonchev–Trinajstić information content (AvgIpc) is 2.49. The van der Waals surface area contributed by atoms with Crippen molar-refractivity contribution in [3.63, 3.8) is 0 Å². The van der Waals surface area contributed by atoms with Gasteiger partial charge >= 0.3 is 0 Å². The predicted molar refractivity (Wildman–Crippen MR) is 91.0 cm³/mol. The lowest BCUT2D eigenvalue weighted by Gasteiger charge is -2.13. The second-order valence-corrected chi connectivity index (χ2v) is 5.83. The molecule has 0 unspecified atom stereocenters. The van der Waals surface area contributed by atoms with Gasteiger partial charge in [-0.2, -0.15) is 0 Å². The summed E-state index contributed by atoms with van der Waals surface area (Å²) in [5.74, 6) is 1.49. The molecular formula is C18H27ClO3. The van der Waals surface area contributed by atoms with Crippen LogP contribution in [0.5, 0.6) is 11.5 Å². The molecular weight excluding hydrogens is 300 g/mol. The van der Waals surface area contributed by atoms with Crippen molar-refractivity contribution in [2.45, 2.75) is 58.8 Å². The summed E-state index contributed by atoms with van der Waals surface area (Å²) in [7, 11) is 0. The molecule has 0 saturated heterocycles. The van der Waals surface area contributed by atoms with Crippen LogP contribution in [-0.2, 0) is 11.2 Å². The standard InChI is InChI=1S/C18H27ClO3/c1-3-5-7-11-21-16-10-9-15(13-18(19)20)17(14-16)22-12-8-6-4-2/h9-10,14H,3-8,11-13H2,1-2H3. The monoisotopic (exact) mass is 326 g/mol. The molecule has 22 heavy (non-hydrogen) atoms. The number of ether oxygens (including phenoxy) is 2. The summed E-state index contributed by atoms with van der Waals surface area (Å²) in [4.78, 5) is 11.1. The van der Waals surface area contributed by atoms with Crippen LogP contribution in [0, 0.1) is 0 Å². The first-order chi connectivity index (χ1) is 10.7. The van der Waals surface area contributed by atoms with Gasteiger partial charge in [0.1, 0.15) is 11.5 Å². The first-order valence-electron chi connectivity index (χ1n) is 8.24. The van der Waals surface area contributed by atoms with Crippen LogP contribution in [0.15, 0.2) is 18.2 Å².